The van der Waals surface area contributed by atoms with Gasteiger partial charge in [-0.15, -0.1) is 0 Å². The van der Waals surface area contributed by atoms with Crippen LogP contribution in [0.15, 0.2) is 60.7 Å². The molecule has 0 aliphatic carbocycles. The summed E-state index contributed by atoms with van der Waals surface area (Å²) in [6, 6.07) is 21.4. The summed E-state index contributed by atoms with van der Waals surface area (Å²) in [5.41, 5.74) is 0. The summed E-state index contributed by atoms with van der Waals surface area (Å²) >= 11 is 0. The van der Waals surface area contributed by atoms with E-state index in [1.807, 2.05) is 4.90 Å². The van der Waals surface area contributed by atoms with Gasteiger partial charge in [0.2, 0.25) is 0 Å². The zero-order chi connectivity index (χ0) is 22.3. The van der Waals surface area contributed by atoms with Crippen molar-refractivity contribution in [1.29, 1.82) is 0 Å². The van der Waals surface area contributed by atoms with Gasteiger partial charge in [0, 0.05) is 25.6 Å². The van der Waals surface area contributed by atoms with E-state index in [2.05, 4.69) is 88.4 Å². The van der Waals surface area contributed by atoms with Crippen LogP contribution >= 0.6 is 0 Å². The van der Waals surface area contributed by atoms with E-state index in [9.17, 15) is 4.79 Å². The van der Waals surface area contributed by atoms with E-state index in [0.717, 1.165) is 25.8 Å². The lowest BCUT2D eigenvalue weighted by Crippen LogP contribution is -2.67. The SMILES string of the molecule is CCCCOC(=O)N1CC[C@@H](CO[Si](c2ccccc2)(c2ccccc2)C(C)(C)C)C1. The number of ether oxygens (including phenoxy) is 1. The third kappa shape index (κ3) is 5.39. The van der Waals surface area contributed by atoms with Gasteiger partial charge < -0.3 is 14.1 Å². The fourth-order valence-corrected chi connectivity index (χ4v) is 9.18. The zero-order valence-corrected chi connectivity index (χ0v) is 20.5. The molecule has 0 bridgehead atoms. The summed E-state index contributed by atoms with van der Waals surface area (Å²) in [5, 5.41) is 2.55. The van der Waals surface area contributed by atoms with Crippen LogP contribution in [0.4, 0.5) is 4.79 Å². The lowest BCUT2D eigenvalue weighted by molar-refractivity contribution is 0.107. The molecule has 1 aliphatic rings. The summed E-state index contributed by atoms with van der Waals surface area (Å²) in [6.07, 6.45) is 2.73. The van der Waals surface area contributed by atoms with Crippen LogP contribution in [0.25, 0.3) is 0 Å². The highest BCUT2D eigenvalue weighted by molar-refractivity contribution is 6.99. The topological polar surface area (TPSA) is 38.8 Å². The minimum Gasteiger partial charge on any atom is -0.449 e. The molecule has 1 aliphatic heterocycles. The maximum Gasteiger partial charge on any atom is 0.409 e. The molecule has 168 valence electrons. The average molecular weight is 440 g/mol. The predicted octanol–water partition coefficient (Wildman–Crippen LogP) is 4.82. The molecule has 2 aromatic rings. The highest BCUT2D eigenvalue weighted by Gasteiger charge is 2.50. The third-order valence-electron chi connectivity index (χ3n) is 6.22. The Balaban J connectivity index is 1.79. The maximum absolute atomic E-state index is 12.3. The Labute approximate surface area is 188 Å². The fraction of sp³-hybridized carbons (Fsp3) is 0.500. The molecule has 0 radical (unpaired) electrons. The van der Waals surface area contributed by atoms with Crippen LogP contribution in [0.1, 0.15) is 47.0 Å². The van der Waals surface area contributed by atoms with Crippen molar-refractivity contribution in [3.63, 3.8) is 0 Å². The number of hydrogen-bond acceptors (Lipinski definition) is 3. The third-order valence-corrected chi connectivity index (χ3v) is 11.2. The van der Waals surface area contributed by atoms with Gasteiger partial charge >= 0.3 is 6.09 Å². The van der Waals surface area contributed by atoms with E-state index < -0.39 is 8.32 Å². The zero-order valence-electron chi connectivity index (χ0n) is 19.5. The number of amides is 1. The monoisotopic (exact) mass is 439 g/mol. The average Bonchev–Trinajstić information content (AvgIpc) is 3.24. The number of carbonyl (C=O) groups excluding carboxylic acids is 1. The predicted molar refractivity (Wildman–Crippen MR) is 130 cm³/mol. The summed E-state index contributed by atoms with van der Waals surface area (Å²) < 4.78 is 12.4. The molecule has 4 nitrogen and oxygen atoms in total. The van der Waals surface area contributed by atoms with Crippen molar-refractivity contribution in [3.8, 4) is 0 Å². The van der Waals surface area contributed by atoms with Crippen molar-refractivity contribution in [2.24, 2.45) is 5.92 Å². The smallest absolute Gasteiger partial charge is 0.409 e. The largest absolute Gasteiger partial charge is 0.449 e. The Morgan fingerprint density at radius 1 is 1.03 bits per heavy atom. The number of likely N-dealkylation sites (tertiary alicyclic amines) is 1. The van der Waals surface area contributed by atoms with Crippen LogP contribution in [0, 0.1) is 5.92 Å². The van der Waals surface area contributed by atoms with Crippen molar-refractivity contribution in [1.82, 2.24) is 4.90 Å². The van der Waals surface area contributed by atoms with Crippen LogP contribution in [0.5, 0.6) is 0 Å². The summed E-state index contributed by atoms with van der Waals surface area (Å²) in [4.78, 5) is 14.2. The molecule has 0 spiro atoms. The standard InChI is InChI=1S/C26H37NO3Si/c1-5-6-19-29-25(28)27-18-17-22(20-27)21-30-31(26(2,3)4,23-13-9-7-10-14-23)24-15-11-8-12-16-24/h7-16,22H,5-6,17-21H2,1-4H3/t22-/m1/s1. The second-order valence-corrected chi connectivity index (χ2v) is 13.8. The minimum atomic E-state index is -2.53. The molecule has 1 atom stereocenters. The molecule has 0 saturated carbocycles. The van der Waals surface area contributed by atoms with Gasteiger partial charge in [-0.05, 0) is 28.3 Å². The summed E-state index contributed by atoms with van der Waals surface area (Å²) in [7, 11) is -2.53. The molecular weight excluding hydrogens is 402 g/mol. The minimum absolute atomic E-state index is 0.0346. The molecule has 0 aromatic heterocycles. The molecule has 3 rings (SSSR count). The van der Waals surface area contributed by atoms with Crippen LogP contribution in [0.2, 0.25) is 5.04 Å². The van der Waals surface area contributed by atoms with Gasteiger partial charge in [-0.1, -0.05) is 94.8 Å². The Bertz CT molecular complexity index is 780. The molecule has 1 saturated heterocycles. The molecule has 1 fully saturated rings. The molecule has 2 aromatic carbocycles. The second kappa shape index (κ2) is 10.5. The van der Waals surface area contributed by atoms with Gasteiger partial charge in [-0.25, -0.2) is 4.79 Å². The maximum atomic E-state index is 12.3. The number of nitrogens with zero attached hydrogens (tertiary/aromatic N) is 1. The first kappa shape index (κ1) is 23.5. The fourth-order valence-electron chi connectivity index (χ4n) is 4.53. The van der Waals surface area contributed by atoms with E-state index in [1.165, 1.54) is 10.4 Å². The normalized spacial score (nSPS) is 17.0. The van der Waals surface area contributed by atoms with Crippen LogP contribution in [0.3, 0.4) is 0 Å². The molecular formula is C26H37NO3Si. The lowest BCUT2D eigenvalue weighted by atomic mass is 10.1. The van der Waals surface area contributed by atoms with Gasteiger partial charge in [0.25, 0.3) is 8.32 Å². The lowest BCUT2D eigenvalue weighted by Gasteiger charge is -2.43. The molecule has 1 amide bonds. The van der Waals surface area contributed by atoms with Gasteiger partial charge in [0.1, 0.15) is 0 Å². The second-order valence-electron chi connectivity index (χ2n) is 9.54. The van der Waals surface area contributed by atoms with E-state index in [1.54, 1.807) is 0 Å². The first-order valence-electron chi connectivity index (χ1n) is 11.5. The summed E-state index contributed by atoms with van der Waals surface area (Å²) in [6.45, 7) is 11.6. The van der Waals surface area contributed by atoms with Crippen molar-refractivity contribution >= 4 is 24.8 Å². The Morgan fingerprint density at radius 3 is 2.13 bits per heavy atom. The molecule has 31 heavy (non-hydrogen) atoms. The molecule has 0 N–H and O–H groups in total. The Morgan fingerprint density at radius 2 is 1.61 bits per heavy atom. The van der Waals surface area contributed by atoms with E-state index in [0.29, 0.717) is 25.7 Å². The molecule has 5 heteroatoms. The Kier molecular flexibility index (Phi) is 7.95. The van der Waals surface area contributed by atoms with Crippen molar-refractivity contribution in [3.05, 3.63) is 60.7 Å². The van der Waals surface area contributed by atoms with Gasteiger partial charge in [-0.2, -0.15) is 0 Å². The van der Waals surface area contributed by atoms with Gasteiger partial charge in [0.15, 0.2) is 0 Å². The first-order valence-corrected chi connectivity index (χ1v) is 13.5. The number of benzene rings is 2. The van der Waals surface area contributed by atoms with Crippen LogP contribution in [-0.4, -0.2) is 45.6 Å². The number of carbonyl (C=O) groups is 1. The van der Waals surface area contributed by atoms with Crippen LogP contribution in [-0.2, 0) is 9.16 Å². The summed E-state index contributed by atoms with van der Waals surface area (Å²) in [5.74, 6) is 0.334. The van der Waals surface area contributed by atoms with E-state index >= 15 is 0 Å². The number of unbranched alkanes of at least 4 members (excludes halogenated alkanes) is 1. The quantitative estimate of drug-likeness (QED) is 0.437. The first-order chi connectivity index (χ1) is 14.9. The van der Waals surface area contributed by atoms with Crippen molar-refractivity contribution in [2.75, 3.05) is 26.3 Å². The van der Waals surface area contributed by atoms with E-state index in [4.69, 9.17) is 9.16 Å². The Hall–Kier alpha value is -2.11. The van der Waals surface area contributed by atoms with Crippen molar-refractivity contribution in [2.45, 2.75) is 52.0 Å². The van der Waals surface area contributed by atoms with Gasteiger partial charge in [-0.3, -0.25) is 0 Å². The van der Waals surface area contributed by atoms with Gasteiger partial charge in [0.05, 0.1) is 6.61 Å². The highest BCUT2D eigenvalue weighted by atomic mass is 28.4. The highest BCUT2D eigenvalue weighted by Crippen LogP contribution is 2.37. The number of rotatable bonds is 8. The van der Waals surface area contributed by atoms with Crippen molar-refractivity contribution < 1.29 is 14.0 Å². The van der Waals surface area contributed by atoms with Crippen LogP contribution < -0.4 is 10.4 Å². The molecule has 0 unspecified atom stereocenters. The van der Waals surface area contributed by atoms with E-state index in [-0.39, 0.29) is 11.1 Å². The molecule has 1 heterocycles. The number of hydrogen-bond donors (Lipinski definition) is 0.